The molecule has 0 radical (unpaired) electrons. The highest BCUT2D eigenvalue weighted by molar-refractivity contribution is 6.26. The fourth-order valence-electron chi connectivity index (χ4n) is 9.31. The van der Waals surface area contributed by atoms with E-state index in [0.717, 1.165) is 60.9 Å². The number of hydrogen-bond acceptors (Lipinski definition) is 2. The van der Waals surface area contributed by atoms with Crippen molar-refractivity contribution in [2.75, 3.05) is 4.90 Å². The summed E-state index contributed by atoms with van der Waals surface area (Å²) < 4.78 is 6.82. The molecule has 0 aliphatic heterocycles. The van der Waals surface area contributed by atoms with E-state index >= 15 is 0 Å². The van der Waals surface area contributed by atoms with Crippen LogP contribution in [0.3, 0.4) is 0 Å². The molecule has 0 fully saturated rings. The summed E-state index contributed by atoms with van der Waals surface area (Å²) in [6.07, 6.45) is 0. The second-order valence-electron chi connectivity index (χ2n) is 15.2. The molecule has 1 aromatic heterocycles. The maximum absolute atomic E-state index is 6.82. The van der Waals surface area contributed by atoms with E-state index in [1.54, 1.807) is 0 Å². The molecule has 0 spiro atoms. The van der Waals surface area contributed by atoms with Gasteiger partial charge in [0.1, 0.15) is 11.2 Å². The summed E-state index contributed by atoms with van der Waals surface area (Å²) in [4.78, 5) is 2.38. The van der Waals surface area contributed by atoms with Gasteiger partial charge in [0, 0.05) is 32.9 Å². The Morgan fingerprint density at radius 2 is 0.879 bits per heavy atom. The minimum absolute atomic E-state index is 0.879. The monoisotopic (exact) mass is 737 g/mol. The summed E-state index contributed by atoms with van der Waals surface area (Å²) in [5, 5.41) is 12.2. The molecule has 0 aliphatic rings. The third kappa shape index (κ3) is 5.05. The average Bonchev–Trinajstić information content (AvgIpc) is 3.68. The van der Waals surface area contributed by atoms with Crippen LogP contribution in [-0.4, -0.2) is 0 Å². The van der Waals surface area contributed by atoms with E-state index < -0.39 is 0 Å². The maximum atomic E-state index is 6.82. The summed E-state index contributed by atoms with van der Waals surface area (Å²) in [5.41, 5.74) is 12.2. The SMILES string of the molecule is c1ccc(-c2ccc(N(c3ccccc3)c3cc4c(oc5cccc(-c6ccc(-c7ccc8ccc9cccc%10ccc7c8c9%10)cc6)c54)c4ccccc34)cc2)cc1. The fraction of sp³-hybridized carbons (Fsp3) is 0. The first-order valence-electron chi connectivity index (χ1n) is 19.9. The van der Waals surface area contributed by atoms with E-state index in [1.165, 1.54) is 54.6 Å². The molecule has 0 saturated carbocycles. The molecule has 0 aliphatic carbocycles. The van der Waals surface area contributed by atoms with Crippen LogP contribution in [0.5, 0.6) is 0 Å². The summed E-state index contributed by atoms with van der Waals surface area (Å²) >= 11 is 0. The highest BCUT2D eigenvalue weighted by atomic mass is 16.3. The lowest BCUT2D eigenvalue weighted by molar-refractivity contribution is 0.673. The van der Waals surface area contributed by atoms with Crippen molar-refractivity contribution in [2.45, 2.75) is 0 Å². The third-order valence-corrected chi connectivity index (χ3v) is 12.0. The van der Waals surface area contributed by atoms with Gasteiger partial charge in [-0.05, 0) is 102 Å². The number of rotatable bonds is 6. The Kier molecular flexibility index (Phi) is 7.26. The van der Waals surface area contributed by atoms with Crippen LogP contribution < -0.4 is 4.90 Å². The van der Waals surface area contributed by atoms with Gasteiger partial charge in [0.2, 0.25) is 0 Å². The minimum atomic E-state index is 0.879. The van der Waals surface area contributed by atoms with E-state index in [9.17, 15) is 0 Å². The highest BCUT2D eigenvalue weighted by Crippen LogP contribution is 2.47. The first kappa shape index (κ1) is 32.6. The summed E-state index contributed by atoms with van der Waals surface area (Å²) in [6, 6.07) is 76.8. The van der Waals surface area contributed by atoms with Gasteiger partial charge < -0.3 is 9.32 Å². The van der Waals surface area contributed by atoms with E-state index in [-0.39, 0.29) is 0 Å². The molecule has 12 rings (SSSR count). The van der Waals surface area contributed by atoms with Crippen LogP contribution in [0.1, 0.15) is 0 Å². The summed E-state index contributed by atoms with van der Waals surface area (Å²) in [7, 11) is 0. The van der Waals surface area contributed by atoms with E-state index in [4.69, 9.17) is 4.42 Å². The predicted molar refractivity (Wildman–Crippen MR) is 246 cm³/mol. The van der Waals surface area contributed by atoms with Gasteiger partial charge in [0.05, 0.1) is 5.69 Å². The van der Waals surface area contributed by atoms with Crippen molar-refractivity contribution in [3.8, 4) is 33.4 Å². The molecule has 0 saturated heterocycles. The molecule has 0 bridgehead atoms. The lowest BCUT2D eigenvalue weighted by atomic mass is 9.89. The Hall–Kier alpha value is -7.68. The number of hydrogen-bond donors (Lipinski definition) is 0. The highest BCUT2D eigenvalue weighted by Gasteiger charge is 2.22. The zero-order valence-corrected chi connectivity index (χ0v) is 31.6. The Morgan fingerprint density at radius 3 is 1.64 bits per heavy atom. The Balaban J connectivity index is 1.02. The minimum Gasteiger partial charge on any atom is -0.455 e. The van der Waals surface area contributed by atoms with Crippen LogP contribution in [0.2, 0.25) is 0 Å². The van der Waals surface area contributed by atoms with Crippen LogP contribution in [0, 0.1) is 0 Å². The maximum Gasteiger partial charge on any atom is 0.143 e. The van der Waals surface area contributed by atoms with Gasteiger partial charge in [-0.3, -0.25) is 0 Å². The lowest BCUT2D eigenvalue weighted by Crippen LogP contribution is -2.10. The van der Waals surface area contributed by atoms with Gasteiger partial charge in [-0.25, -0.2) is 0 Å². The molecule has 0 unspecified atom stereocenters. The van der Waals surface area contributed by atoms with Crippen molar-refractivity contribution < 1.29 is 4.42 Å². The summed E-state index contributed by atoms with van der Waals surface area (Å²) in [6.45, 7) is 0. The van der Waals surface area contributed by atoms with Gasteiger partial charge in [-0.15, -0.1) is 0 Å². The fourth-order valence-corrected chi connectivity index (χ4v) is 9.31. The first-order chi connectivity index (χ1) is 28.8. The molecular weight excluding hydrogens is 703 g/mol. The van der Waals surface area contributed by atoms with Crippen LogP contribution in [0.15, 0.2) is 217 Å². The van der Waals surface area contributed by atoms with Crippen molar-refractivity contribution in [3.63, 3.8) is 0 Å². The topological polar surface area (TPSA) is 16.4 Å². The van der Waals surface area contributed by atoms with Crippen molar-refractivity contribution >= 4 is 82.1 Å². The van der Waals surface area contributed by atoms with Gasteiger partial charge in [0.15, 0.2) is 0 Å². The lowest BCUT2D eigenvalue weighted by Gasteiger charge is -2.27. The van der Waals surface area contributed by atoms with E-state index in [2.05, 4.69) is 217 Å². The Labute approximate surface area is 335 Å². The second-order valence-corrected chi connectivity index (χ2v) is 15.2. The first-order valence-corrected chi connectivity index (χ1v) is 19.9. The molecule has 0 atom stereocenters. The number of anilines is 3. The molecule has 270 valence electrons. The van der Waals surface area contributed by atoms with E-state index in [1.807, 2.05) is 0 Å². The predicted octanol–water partition coefficient (Wildman–Crippen LogP) is 16.1. The van der Waals surface area contributed by atoms with Crippen LogP contribution in [-0.2, 0) is 0 Å². The van der Waals surface area contributed by atoms with Crippen LogP contribution in [0.25, 0.3) is 98.4 Å². The second kappa shape index (κ2) is 12.9. The van der Waals surface area contributed by atoms with Crippen molar-refractivity contribution in [1.82, 2.24) is 0 Å². The van der Waals surface area contributed by atoms with Gasteiger partial charge in [-0.1, -0.05) is 176 Å². The summed E-state index contributed by atoms with van der Waals surface area (Å²) in [5.74, 6) is 0. The van der Waals surface area contributed by atoms with Crippen LogP contribution >= 0.6 is 0 Å². The molecular formula is C56H35NO. The number of furan rings is 1. The zero-order chi connectivity index (χ0) is 38.2. The quantitative estimate of drug-likeness (QED) is 0.158. The number of benzene rings is 11. The Bertz CT molecular complexity index is 3460. The van der Waals surface area contributed by atoms with Gasteiger partial charge in [-0.2, -0.15) is 0 Å². The molecule has 12 aromatic rings. The van der Waals surface area contributed by atoms with Crippen molar-refractivity contribution in [1.29, 1.82) is 0 Å². The third-order valence-electron chi connectivity index (χ3n) is 12.0. The molecule has 1 heterocycles. The van der Waals surface area contributed by atoms with Crippen LogP contribution in [0.4, 0.5) is 17.1 Å². The molecule has 11 aromatic carbocycles. The van der Waals surface area contributed by atoms with Gasteiger partial charge >= 0.3 is 0 Å². The standard InChI is InChI=1S/C56H35NO/c1-3-11-36(12-4-1)37-27-31-44(32-28-37)57(43-15-5-2-6-16-43)51-35-50-55-46(19-10-20-52(55)58-56(50)49-18-8-7-17-47(49)51)39-23-21-38(22-24-39)45-33-29-42-26-25-40-13-9-14-41-30-34-48(45)54(42)53(40)41/h1-35H. The average molecular weight is 738 g/mol. The molecule has 58 heavy (non-hydrogen) atoms. The van der Waals surface area contributed by atoms with Crippen molar-refractivity contribution in [2.24, 2.45) is 0 Å². The van der Waals surface area contributed by atoms with Gasteiger partial charge in [0.25, 0.3) is 0 Å². The largest absolute Gasteiger partial charge is 0.455 e. The molecule has 2 nitrogen and oxygen atoms in total. The van der Waals surface area contributed by atoms with Crippen molar-refractivity contribution in [3.05, 3.63) is 212 Å². The Morgan fingerprint density at radius 1 is 0.310 bits per heavy atom. The molecule has 2 heteroatoms. The number of fused-ring (bicyclic) bond motifs is 5. The normalized spacial score (nSPS) is 11.8. The molecule has 0 N–H and O–H groups in total. The smallest absolute Gasteiger partial charge is 0.143 e. The van der Waals surface area contributed by atoms with E-state index in [0.29, 0.717) is 0 Å². The number of nitrogens with zero attached hydrogens (tertiary/aromatic N) is 1. The zero-order valence-electron chi connectivity index (χ0n) is 31.6. The number of para-hydroxylation sites is 1. The molecule has 0 amide bonds.